The second-order valence-electron chi connectivity index (χ2n) is 13.2. The van der Waals surface area contributed by atoms with Gasteiger partial charge in [-0.15, -0.1) is 0 Å². The zero-order valence-electron chi connectivity index (χ0n) is 29.6. The Kier molecular flexibility index (Phi) is 19.7. The van der Waals surface area contributed by atoms with E-state index >= 15 is 0 Å². The van der Waals surface area contributed by atoms with Crippen LogP contribution in [0.5, 0.6) is 11.5 Å². The van der Waals surface area contributed by atoms with Crippen LogP contribution in [0.25, 0.3) is 0 Å². The number of nitrogens with one attached hydrogen (secondary N) is 1. The van der Waals surface area contributed by atoms with Gasteiger partial charge in [-0.25, -0.2) is 4.79 Å². The van der Waals surface area contributed by atoms with Crippen molar-refractivity contribution in [3.63, 3.8) is 0 Å². The van der Waals surface area contributed by atoms with Gasteiger partial charge >= 0.3 is 12.3 Å². The summed E-state index contributed by atoms with van der Waals surface area (Å²) in [7, 11) is 0. The van der Waals surface area contributed by atoms with Crippen molar-refractivity contribution in [2.24, 2.45) is 5.73 Å². The van der Waals surface area contributed by atoms with Gasteiger partial charge in [-0.2, -0.15) is 13.2 Å². The van der Waals surface area contributed by atoms with E-state index in [4.69, 9.17) is 24.7 Å². The molecule has 12 heteroatoms. The van der Waals surface area contributed by atoms with Gasteiger partial charge < -0.3 is 35.1 Å². The molecule has 9 nitrogen and oxygen atoms in total. The number of carbonyl (C=O) groups is 2. The molecule has 2 aliphatic rings. The van der Waals surface area contributed by atoms with Crippen molar-refractivity contribution in [1.82, 2.24) is 15.1 Å². The fourth-order valence-corrected chi connectivity index (χ4v) is 5.26. The SMILES string of the molecule is CC(C)(C)OC(=O)NCCc1ccc(OCCCN2CCCC2)cc1.NCCc1ccc(OCCCN2CCCC2)cc1.O=CC(F)(F)F. The molecule has 2 heterocycles. The van der Waals surface area contributed by atoms with Gasteiger partial charge in [0, 0.05) is 19.6 Å². The van der Waals surface area contributed by atoms with Gasteiger partial charge in [-0.05, 0) is 140 Å². The molecular weight excluding hydrogens is 637 g/mol. The zero-order chi connectivity index (χ0) is 36.0. The maximum Gasteiger partial charge on any atom is 0.446 e. The Morgan fingerprint density at radius 3 is 1.55 bits per heavy atom. The fraction of sp³-hybridized carbons (Fsp3) is 0.622. The number of hydrogen-bond acceptors (Lipinski definition) is 8. The molecule has 2 aromatic rings. The van der Waals surface area contributed by atoms with E-state index in [1.807, 2.05) is 57.2 Å². The van der Waals surface area contributed by atoms with Crippen molar-refractivity contribution in [3.05, 3.63) is 59.7 Å². The predicted molar refractivity (Wildman–Crippen MR) is 187 cm³/mol. The van der Waals surface area contributed by atoms with Crippen LogP contribution in [0.4, 0.5) is 18.0 Å². The summed E-state index contributed by atoms with van der Waals surface area (Å²) in [4.78, 5) is 25.3. The van der Waals surface area contributed by atoms with Gasteiger partial charge in [0.1, 0.15) is 17.1 Å². The lowest BCUT2D eigenvalue weighted by atomic mass is 10.1. The lowest BCUT2D eigenvalue weighted by Crippen LogP contribution is -2.33. The van der Waals surface area contributed by atoms with Crippen LogP contribution in [0, 0.1) is 0 Å². The normalized spacial score (nSPS) is 15.0. The van der Waals surface area contributed by atoms with E-state index in [1.165, 1.54) is 69.5 Å². The molecular formula is C37H57F3N4O5. The van der Waals surface area contributed by atoms with Gasteiger partial charge in [-0.1, -0.05) is 24.3 Å². The first kappa shape index (κ1) is 41.8. The number of ether oxygens (including phenoxy) is 3. The number of benzene rings is 2. The molecule has 0 bridgehead atoms. The highest BCUT2D eigenvalue weighted by Gasteiger charge is 2.25. The van der Waals surface area contributed by atoms with Crippen molar-refractivity contribution in [2.75, 3.05) is 65.6 Å². The Bertz CT molecular complexity index is 1160. The maximum absolute atomic E-state index is 11.6. The number of halogens is 3. The van der Waals surface area contributed by atoms with E-state index in [0.29, 0.717) is 13.1 Å². The van der Waals surface area contributed by atoms with Crippen LogP contribution in [-0.4, -0.2) is 99.5 Å². The Hall–Kier alpha value is -3.35. The summed E-state index contributed by atoms with van der Waals surface area (Å²) in [5.41, 5.74) is 7.51. The highest BCUT2D eigenvalue weighted by molar-refractivity contribution is 5.67. The first-order valence-electron chi connectivity index (χ1n) is 17.4. The van der Waals surface area contributed by atoms with E-state index < -0.39 is 18.1 Å². The third kappa shape index (κ3) is 21.4. The molecule has 0 aliphatic carbocycles. The van der Waals surface area contributed by atoms with Crippen molar-refractivity contribution in [2.45, 2.75) is 83.9 Å². The molecule has 0 unspecified atom stereocenters. The van der Waals surface area contributed by atoms with E-state index in [1.54, 1.807) is 0 Å². The molecule has 49 heavy (non-hydrogen) atoms. The average molecular weight is 695 g/mol. The van der Waals surface area contributed by atoms with Crippen molar-refractivity contribution in [1.29, 1.82) is 0 Å². The highest BCUT2D eigenvalue weighted by atomic mass is 19.4. The van der Waals surface area contributed by atoms with Crippen molar-refractivity contribution < 1.29 is 37.0 Å². The Morgan fingerprint density at radius 1 is 0.776 bits per heavy atom. The molecule has 2 aliphatic heterocycles. The summed E-state index contributed by atoms with van der Waals surface area (Å²) in [6, 6.07) is 16.4. The molecule has 0 radical (unpaired) electrons. The molecule has 4 rings (SSSR count). The minimum absolute atomic E-state index is 0.370. The van der Waals surface area contributed by atoms with Gasteiger partial charge in [0.2, 0.25) is 6.29 Å². The molecule has 0 atom stereocenters. The Labute approximate surface area is 290 Å². The molecule has 1 amide bonds. The number of nitrogens with zero attached hydrogens (tertiary/aromatic N) is 2. The summed E-state index contributed by atoms with van der Waals surface area (Å²) in [6.45, 7) is 15.7. The molecule has 2 aromatic carbocycles. The summed E-state index contributed by atoms with van der Waals surface area (Å²) in [5.74, 6) is 1.88. The summed E-state index contributed by atoms with van der Waals surface area (Å²) >= 11 is 0. The molecule has 0 saturated carbocycles. The van der Waals surface area contributed by atoms with E-state index in [-0.39, 0.29) is 6.09 Å². The summed E-state index contributed by atoms with van der Waals surface area (Å²) in [6.07, 6.45) is 3.23. The quantitative estimate of drug-likeness (QED) is 0.163. The standard InChI is InChI=1S/C20H32N2O3.C15H24N2O.C2HF3O/c1-20(2,3)25-19(23)21-12-11-17-7-9-18(10-8-17)24-16-6-15-22-13-4-5-14-22;16-9-8-14-4-6-15(7-5-14)18-13-3-12-17-10-1-2-11-17;3-2(4,5)1-6/h7-10H,4-6,11-16H2,1-3H3,(H,21,23);4-7H,1-3,8-13,16H2;1H. The second-order valence-corrected chi connectivity index (χ2v) is 13.2. The lowest BCUT2D eigenvalue weighted by molar-refractivity contribution is -0.156. The zero-order valence-corrected chi connectivity index (χ0v) is 29.6. The van der Waals surface area contributed by atoms with E-state index in [0.717, 1.165) is 56.9 Å². The van der Waals surface area contributed by atoms with Gasteiger partial charge in [0.25, 0.3) is 0 Å². The molecule has 2 saturated heterocycles. The fourth-order valence-electron chi connectivity index (χ4n) is 5.26. The van der Waals surface area contributed by atoms with Crippen LogP contribution >= 0.6 is 0 Å². The lowest BCUT2D eigenvalue weighted by Gasteiger charge is -2.19. The van der Waals surface area contributed by atoms with Crippen LogP contribution in [0.1, 0.15) is 70.4 Å². The number of alkyl halides is 3. The topological polar surface area (TPSA) is 106 Å². The number of amides is 1. The minimum Gasteiger partial charge on any atom is -0.494 e. The third-order valence-corrected chi connectivity index (χ3v) is 7.67. The number of hydrogen-bond donors (Lipinski definition) is 2. The molecule has 2 fully saturated rings. The molecule has 276 valence electrons. The van der Waals surface area contributed by atoms with E-state index in [2.05, 4.69) is 27.2 Å². The number of rotatable bonds is 15. The van der Waals surface area contributed by atoms with Crippen LogP contribution < -0.4 is 20.5 Å². The first-order chi connectivity index (χ1) is 23.4. The maximum atomic E-state index is 11.6. The summed E-state index contributed by atoms with van der Waals surface area (Å²) in [5, 5.41) is 2.77. The largest absolute Gasteiger partial charge is 0.494 e. The van der Waals surface area contributed by atoms with Gasteiger partial charge in [0.05, 0.1) is 13.2 Å². The minimum atomic E-state index is -4.64. The average Bonchev–Trinajstić information content (AvgIpc) is 3.78. The highest BCUT2D eigenvalue weighted by Crippen LogP contribution is 2.15. The molecule has 0 aromatic heterocycles. The van der Waals surface area contributed by atoms with E-state index in [9.17, 15) is 18.0 Å². The first-order valence-corrected chi connectivity index (χ1v) is 17.4. The Morgan fingerprint density at radius 2 is 1.18 bits per heavy atom. The van der Waals surface area contributed by atoms with Crippen LogP contribution in [0.15, 0.2) is 48.5 Å². The Balaban J connectivity index is 0.000000302. The number of alkyl carbamates (subject to hydrolysis) is 1. The van der Waals surface area contributed by atoms with Crippen LogP contribution in [0.3, 0.4) is 0 Å². The second kappa shape index (κ2) is 23.1. The van der Waals surface area contributed by atoms with Crippen molar-refractivity contribution in [3.8, 4) is 11.5 Å². The summed E-state index contributed by atoms with van der Waals surface area (Å²) < 4.78 is 48.0. The number of carbonyl (C=O) groups excluding carboxylic acids is 2. The predicted octanol–water partition coefficient (Wildman–Crippen LogP) is 6.42. The van der Waals surface area contributed by atoms with Gasteiger partial charge in [-0.3, -0.25) is 4.79 Å². The smallest absolute Gasteiger partial charge is 0.446 e. The van der Waals surface area contributed by atoms with Crippen LogP contribution in [-0.2, 0) is 22.4 Å². The molecule has 3 N–H and O–H groups in total. The van der Waals surface area contributed by atoms with Gasteiger partial charge in [0.15, 0.2) is 0 Å². The monoisotopic (exact) mass is 694 g/mol. The number of nitrogens with two attached hydrogens (primary N) is 1. The third-order valence-electron chi connectivity index (χ3n) is 7.67. The number of aldehydes is 1. The van der Waals surface area contributed by atoms with Crippen molar-refractivity contribution >= 4 is 12.4 Å². The molecule has 0 spiro atoms. The van der Waals surface area contributed by atoms with Crippen LogP contribution in [0.2, 0.25) is 0 Å². The number of likely N-dealkylation sites (tertiary alicyclic amines) is 2.